The van der Waals surface area contributed by atoms with E-state index >= 15 is 0 Å². The van der Waals surface area contributed by atoms with E-state index in [0.717, 1.165) is 29.5 Å². The fourth-order valence-corrected chi connectivity index (χ4v) is 6.30. The number of ether oxygens (including phenoxy) is 1. The van der Waals surface area contributed by atoms with Gasteiger partial charge < -0.3 is 14.5 Å². The number of nitrogens with zero attached hydrogens (tertiary/aromatic N) is 5. The number of hydrogen-bond acceptors (Lipinski definition) is 8. The number of rotatable bonds is 4. The Kier molecular flexibility index (Phi) is 5.55. The predicted octanol–water partition coefficient (Wildman–Crippen LogP) is 1.50. The summed E-state index contributed by atoms with van der Waals surface area (Å²) in [5.74, 6) is 1.58. The molecule has 2 fully saturated rings. The lowest BCUT2D eigenvalue weighted by molar-refractivity contribution is 0.122. The van der Waals surface area contributed by atoms with E-state index in [1.165, 1.54) is 11.3 Å². The molecule has 2 aliphatic heterocycles. The number of sulfonamides is 1. The molecule has 0 aromatic carbocycles. The SMILES string of the molecule is Cc1cc(N2CCOCC2)nc(N2CCN(S(=O)(=O)c3ccc(C)s3)CC2)n1. The molecule has 28 heavy (non-hydrogen) atoms. The van der Waals surface area contributed by atoms with Crippen LogP contribution in [0.25, 0.3) is 0 Å². The molecule has 8 nitrogen and oxygen atoms in total. The monoisotopic (exact) mass is 423 g/mol. The maximum Gasteiger partial charge on any atom is 0.252 e. The molecule has 4 rings (SSSR count). The van der Waals surface area contributed by atoms with Gasteiger partial charge in [0.1, 0.15) is 10.0 Å². The Bertz CT molecular complexity index is 932. The maximum absolute atomic E-state index is 12.8. The second kappa shape index (κ2) is 7.94. The zero-order chi connectivity index (χ0) is 19.7. The number of aromatic nitrogens is 2. The highest BCUT2D eigenvalue weighted by atomic mass is 32.2. The van der Waals surface area contributed by atoms with E-state index in [4.69, 9.17) is 9.72 Å². The molecular weight excluding hydrogens is 398 g/mol. The van der Waals surface area contributed by atoms with Crippen LogP contribution >= 0.6 is 11.3 Å². The van der Waals surface area contributed by atoms with Crippen molar-refractivity contribution >= 4 is 33.1 Å². The van der Waals surface area contributed by atoms with Crippen LogP contribution in [0.5, 0.6) is 0 Å². The summed E-state index contributed by atoms with van der Waals surface area (Å²) in [6.45, 7) is 8.97. The zero-order valence-electron chi connectivity index (χ0n) is 16.2. The smallest absolute Gasteiger partial charge is 0.252 e. The molecule has 0 atom stereocenters. The predicted molar refractivity (Wildman–Crippen MR) is 110 cm³/mol. The first-order valence-corrected chi connectivity index (χ1v) is 11.7. The Hall–Kier alpha value is -1.75. The molecule has 0 radical (unpaired) electrons. The molecule has 10 heteroatoms. The molecule has 0 bridgehead atoms. The Labute approximate surface area is 169 Å². The third kappa shape index (κ3) is 4.00. The molecule has 0 spiro atoms. The van der Waals surface area contributed by atoms with Gasteiger partial charge in [0.25, 0.3) is 10.0 Å². The van der Waals surface area contributed by atoms with Gasteiger partial charge in [0.2, 0.25) is 5.95 Å². The minimum Gasteiger partial charge on any atom is -0.378 e. The summed E-state index contributed by atoms with van der Waals surface area (Å²) < 4.78 is 33.1. The molecule has 4 heterocycles. The third-order valence-electron chi connectivity index (χ3n) is 5.00. The van der Waals surface area contributed by atoms with E-state index in [-0.39, 0.29) is 0 Å². The van der Waals surface area contributed by atoms with Crippen LogP contribution in [0.4, 0.5) is 11.8 Å². The molecular formula is C18H25N5O3S2. The van der Waals surface area contributed by atoms with Crippen LogP contribution in [0.3, 0.4) is 0 Å². The number of anilines is 2. The van der Waals surface area contributed by atoms with Gasteiger partial charge >= 0.3 is 0 Å². The van der Waals surface area contributed by atoms with Crippen LogP contribution in [-0.4, -0.2) is 75.2 Å². The normalized spacial score (nSPS) is 19.2. The number of aryl methyl sites for hydroxylation is 2. The topological polar surface area (TPSA) is 78.9 Å². The quantitative estimate of drug-likeness (QED) is 0.737. The van der Waals surface area contributed by atoms with Gasteiger partial charge in [0, 0.05) is 55.9 Å². The molecule has 2 aromatic heterocycles. The van der Waals surface area contributed by atoms with Gasteiger partial charge in [-0.2, -0.15) is 9.29 Å². The second-order valence-corrected chi connectivity index (χ2v) is 10.5. The van der Waals surface area contributed by atoms with E-state index in [9.17, 15) is 8.42 Å². The van der Waals surface area contributed by atoms with Crippen LogP contribution in [-0.2, 0) is 14.8 Å². The summed E-state index contributed by atoms with van der Waals surface area (Å²) in [5.41, 5.74) is 0.913. The maximum atomic E-state index is 12.8. The average molecular weight is 424 g/mol. The molecule has 2 aromatic rings. The molecule has 2 saturated heterocycles. The first-order valence-electron chi connectivity index (χ1n) is 9.43. The highest BCUT2D eigenvalue weighted by Gasteiger charge is 2.30. The Balaban J connectivity index is 1.47. The summed E-state index contributed by atoms with van der Waals surface area (Å²) in [6, 6.07) is 5.54. The summed E-state index contributed by atoms with van der Waals surface area (Å²) in [6.07, 6.45) is 0. The molecule has 0 N–H and O–H groups in total. The van der Waals surface area contributed by atoms with E-state index in [1.54, 1.807) is 10.4 Å². The Morgan fingerprint density at radius 3 is 2.32 bits per heavy atom. The fraction of sp³-hybridized carbons (Fsp3) is 0.556. The minimum atomic E-state index is -3.42. The molecule has 0 aliphatic carbocycles. The number of hydrogen-bond donors (Lipinski definition) is 0. The van der Waals surface area contributed by atoms with Gasteiger partial charge in [-0.05, 0) is 26.0 Å². The van der Waals surface area contributed by atoms with Crippen molar-refractivity contribution in [1.29, 1.82) is 0 Å². The summed E-state index contributed by atoms with van der Waals surface area (Å²) in [7, 11) is -3.42. The summed E-state index contributed by atoms with van der Waals surface area (Å²) in [4.78, 5) is 14.6. The third-order valence-corrected chi connectivity index (χ3v) is 8.36. The molecule has 152 valence electrons. The highest BCUT2D eigenvalue weighted by Crippen LogP contribution is 2.26. The van der Waals surface area contributed by atoms with Gasteiger partial charge in [-0.1, -0.05) is 0 Å². The van der Waals surface area contributed by atoms with Crippen LogP contribution in [0.15, 0.2) is 22.4 Å². The van der Waals surface area contributed by atoms with Crippen molar-refractivity contribution in [2.45, 2.75) is 18.1 Å². The lowest BCUT2D eigenvalue weighted by Gasteiger charge is -2.34. The van der Waals surface area contributed by atoms with Crippen LogP contribution < -0.4 is 9.80 Å². The van der Waals surface area contributed by atoms with Crippen molar-refractivity contribution in [3.8, 4) is 0 Å². The van der Waals surface area contributed by atoms with Gasteiger partial charge in [0.05, 0.1) is 13.2 Å². The van der Waals surface area contributed by atoms with Crippen molar-refractivity contribution in [2.75, 3.05) is 62.3 Å². The van der Waals surface area contributed by atoms with Crippen LogP contribution in [0.2, 0.25) is 0 Å². The van der Waals surface area contributed by atoms with Crippen molar-refractivity contribution < 1.29 is 13.2 Å². The highest BCUT2D eigenvalue weighted by molar-refractivity contribution is 7.91. The second-order valence-electron chi connectivity index (χ2n) is 7.02. The van der Waals surface area contributed by atoms with Crippen molar-refractivity contribution in [1.82, 2.24) is 14.3 Å². The summed E-state index contributed by atoms with van der Waals surface area (Å²) in [5, 5.41) is 0. The average Bonchev–Trinajstić information content (AvgIpc) is 3.15. The van der Waals surface area contributed by atoms with Crippen molar-refractivity contribution in [3.05, 3.63) is 28.8 Å². The molecule has 0 amide bonds. The van der Waals surface area contributed by atoms with Gasteiger partial charge in [-0.3, -0.25) is 0 Å². The van der Waals surface area contributed by atoms with E-state index < -0.39 is 10.0 Å². The van der Waals surface area contributed by atoms with Crippen molar-refractivity contribution in [2.24, 2.45) is 0 Å². The Morgan fingerprint density at radius 1 is 0.964 bits per heavy atom. The van der Waals surface area contributed by atoms with Gasteiger partial charge in [-0.25, -0.2) is 13.4 Å². The largest absolute Gasteiger partial charge is 0.378 e. The molecule has 0 unspecified atom stereocenters. The van der Waals surface area contributed by atoms with Crippen molar-refractivity contribution in [3.63, 3.8) is 0 Å². The minimum absolute atomic E-state index is 0.417. The van der Waals surface area contributed by atoms with Crippen LogP contribution in [0, 0.1) is 13.8 Å². The molecule has 0 saturated carbocycles. The fourth-order valence-electron chi connectivity index (χ4n) is 3.44. The first kappa shape index (κ1) is 19.6. The standard InChI is InChI=1S/C18H25N5O3S2/c1-14-13-16(21-9-11-26-12-10-21)20-18(19-14)22-5-7-23(8-6-22)28(24,25)17-4-3-15(2)27-17/h3-4,13H,5-12H2,1-2H3. The molecule has 2 aliphatic rings. The van der Waals surface area contributed by atoms with E-state index in [1.807, 2.05) is 26.0 Å². The number of thiophene rings is 1. The van der Waals surface area contributed by atoms with E-state index in [2.05, 4.69) is 14.8 Å². The van der Waals surface area contributed by atoms with Crippen LogP contribution in [0.1, 0.15) is 10.6 Å². The van der Waals surface area contributed by atoms with Gasteiger partial charge in [0.15, 0.2) is 0 Å². The number of piperazine rings is 1. The van der Waals surface area contributed by atoms with Gasteiger partial charge in [-0.15, -0.1) is 11.3 Å². The lowest BCUT2D eigenvalue weighted by atomic mass is 10.3. The zero-order valence-corrected chi connectivity index (χ0v) is 17.8. The number of morpholine rings is 1. The first-order chi connectivity index (χ1) is 13.4. The van der Waals surface area contributed by atoms with E-state index in [0.29, 0.717) is 49.6 Å². The Morgan fingerprint density at radius 2 is 1.68 bits per heavy atom. The summed E-state index contributed by atoms with van der Waals surface area (Å²) >= 11 is 1.32. The lowest BCUT2D eigenvalue weighted by Crippen LogP contribution is -2.49.